The average Bonchev–Trinajstić information content (AvgIpc) is 3.66. The number of nitrogens with one attached hydrogen (secondary N) is 1. The van der Waals surface area contributed by atoms with Crippen LogP contribution >= 0.6 is 11.8 Å². The van der Waals surface area contributed by atoms with Crippen LogP contribution < -0.4 is 10.5 Å². The summed E-state index contributed by atoms with van der Waals surface area (Å²) in [6.45, 7) is 0. The number of ether oxygens (including phenoxy) is 1. The number of pyridine rings is 2. The number of carbonyl (C=O) groups is 2. The minimum Gasteiger partial charge on any atom is -0.494 e. The maximum absolute atomic E-state index is 13.4. The van der Waals surface area contributed by atoms with Gasteiger partial charge in [-0.15, -0.1) is 0 Å². The molecular weight excluding hydrogens is 490 g/mol. The van der Waals surface area contributed by atoms with Crippen LogP contribution in [0.15, 0.2) is 29.5 Å². The van der Waals surface area contributed by atoms with Crippen LogP contribution in [0.2, 0.25) is 0 Å². The van der Waals surface area contributed by atoms with Crippen molar-refractivity contribution in [3.8, 4) is 28.7 Å². The molecule has 0 bridgehead atoms. The summed E-state index contributed by atoms with van der Waals surface area (Å²) in [5.74, 6) is 4.97. The molecule has 1 aliphatic carbocycles. The maximum Gasteiger partial charge on any atom is 0.281 e. The van der Waals surface area contributed by atoms with Gasteiger partial charge in [-0.05, 0) is 42.7 Å². The van der Waals surface area contributed by atoms with Gasteiger partial charge in [-0.2, -0.15) is 4.99 Å². The van der Waals surface area contributed by atoms with E-state index in [0.717, 1.165) is 36.9 Å². The predicted molar refractivity (Wildman–Crippen MR) is 133 cm³/mol. The number of amides is 2. The van der Waals surface area contributed by atoms with Gasteiger partial charge in [-0.3, -0.25) is 25.0 Å². The summed E-state index contributed by atoms with van der Waals surface area (Å²) in [6.07, 6.45) is 1.40. The van der Waals surface area contributed by atoms with Gasteiger partial charge in [-0.1, -0.05) is 5.92 Å². The lowest BCUT2D eigenvalue weighted by molar-refractivity contribution is -0.128. The minimum atomic E-state index is -2.86. The first-order chi connectivity index (χ1) is 17.1. The first kappa shape index (κ1) is 26.7. The molecule has 1 saturated carbocycles. The maximum atomic E-state index is 13.4. The third kappa shape index (κ3) is 7.08. The molecule has 36 heavy (non-hydrogen) atoms. The molecule has 12 heteroatoms. The Labute approximate surface area is 211 Å². The molecule has 1 fully saturated rings. The fraction of sp³-hybridized carbons (Fsp3) is 0.333. The molecule has 2 amide bonds. The zero-order valence-corrected chi connectivity index (χ0v) is 20.7. The van der Waals surface area contributed by atoms with E-state index in [1.165, 1.54) is 24.3 Å². The molecule has 0 spiro atoms. The SMILES string of the molecule is COc1cnc(C(F)F)cc1-c1cc(CC(=O)N(C)C)ncc1C(=O)N=C(N)SC(=N)C#CC1CC1. The van der Waals surface area contributed by atoms with Crippen molar-refractivity contribution >= 4 is 33.8 Å². The number of aliphatic imine (C=N–C) groups is 1. The number of nitrogens with two attached hydrogens (primary N) is 1. The molecular formula is C24H24F2N6O3S. The number of carbonyl (C=O) groups excluding carboxylic acids is 2. The van der Waals surface area contributed by atoms with Gasteiger partial charge in [0.15, 0.2) is 5.17 Å². The largest absolute Gasteiger partial charge is 0.494 e. The fourth-order valence-electron chi connectivity index (χ4n) is 2.96. The summed E-state index contributed by atoms with van der Waals surface area (Å²) in [6, 6.07) is 2.56. The summed E-state index contributed by atoms with van der Waals surface area (Å²) < 4.78 is 32.1. The first-order valence-corrected chi connectivity index (χ1v) is 11.6. The van der Waals surface area contributed by atoms with E-state index in [9.17, 15) is 18.4 Å². The standard InChI is InChI=1S/C24H24F2N6O3S/c1-32(2)21(33)9-14-8-15(16-10-18(22(25)26)30-12-19(16)35-3)17(11-29-14)23(34)31-24(28)36-20(27)7-6-13-4-5-13/h8,10-13,22,27H,4-5,9H2,1-3H3,(H2,28,31,34). The molecule has 3 rings (SSSR count). The number of amidine groups is 1. The van der Waals surface area contributed by atoms with Crippen molar-refractivity contribution in [3.05, 3.63) is 41.5 Å². The van der Waals surface area contributed by atoms with Gasteiger partial charge in [0.05, 0.1) is 31.0 Å². The van der Waals surface area contributed by atoms with Crippen molar-refractivity contribution in [3.63, 3.8) is 0 Å². The van der Waals surface area contributed by atoms with Gasteiger partial charge in [0.2, 0.25) is 5.91 Å². The van der Waals surface area contributed by atoms with Crippen LogP contribution in [-0.2, 0) is 11.2 Å². The van der Waals surface area contributed by atoms with E-state index >= 15 is 0 Å². The smallest absolute Gasteiger partial charge is 0.281 e. The zero-order chi connectivity index (χ0) is 26.4. The van der Waals surface area contributed by atoms with E-state index in [2.05, 4.69) is 26.8 Å². The van der Waals surface area contributed by atoms with Crippen LogP contribution in [0, 0.1) is 23.2 Å². The van der Waals surface area contributed by atoms with Crippen molar-refractivity contribution in [2.75, 3.05) is 21.2 Å². The molecule has 9 nitrogen and oxygen atoms in total. The van der Waals surface area contributed by atoms with Gasteiger partial charge >= 0.3 is 0 Å². The molecule has 0 aliphatic heterocycles. The Hall–Kier alpha value is -3.85. The Morgan fingerprint density at radius 2 is 2.00 bits per heavy atom. The number of halogens is 2. The van der Waals surface area contributed by atoms with Crippen LogP contribution in [0.5, 0.6) is 5.75 Å². The number of rotatable bonds is 6. The Kier molecular flexibility index (Phi) is 8.71. The summed E-state index contributed by atoms with van der Waals surface area (Å²) in [7, 11) is 4.51. The number of thioether (sulfide) groups is 1. The van der Waals surface area contributed by atoms with E-state index in [4.69, 9.17) is 15.9 Å². The van der Waals surface area contributed by atoms with Crippen LogP contribution in [0.3, 0.4) is 0 Å². The van der Waals surface area contributed by atoms with E-state index in [1.807, 2.05) is 0 Å². The fourth-order valence-corrected chi connectivity index (χ4v) is 3.41. The highest BCUT2D eigenvalue weighted by Crippen LogP contribution is 2.35. The molecule has 188 valence electrons. The third-order valence-corrected chi connectivity index (χ3v) is 5.64. The number of alkyl halides is 2. The molecule has 2 heterocycles. The lowest BCUT2D eigenvalue weighted by Gasteiger charge is -2.15. The van der Waals surface area contributed by atoms with Gasteiger partial charge in [0.1, 0.15) is 16.5 Å². The number of hydrogen-bond donors (Lipinski definition) is 2. The Bertz CT molecular complexity index is 1280. The van der Waals surface area contributed by atoms with Crippen molar-refractivity contribution in [1.29, 1.82) is 5.41 Å². The van der Waals surface area contributed by atoms with Crippen LogP contribution in [0.1, 0.15) is 41.0 Å². The van der Waals surface area contributed by atoms with Crippen LogP contribution in [0.4, 0.5) is 8.78 Å². The lowest BCUT2D eigenvalue weighted by Crippen LogP contribution is -2.24. The molecule has 0 radical (unpaired) electrons. The highest BCUT2D eigenvalue weighted by molar-refractivity contribution is 8.26. The van der Waals surface area contributed by atoms with Gasteiger partial charge in [-0.25, -0.2) is 8.78 Å². The molecule has 0 atom stereocenters. The summed E-state index contributed by atoms with van der Waals surface area (Å²) >= 11 is 0.735. The average molecular weight is 515 g/mol. The van der Waals surface area contributed by atoms with E-state index in [1.54, 1.807) is 14.1 Å². The van der Waals surface area contributed by atoms with Gasteiger partial charge < -0.3 is 15.4 Å². The zero-order valence-electron chi connectivity index (χ0n) is 19.8. The highest BCUT2D eigenvalue weighted by atomic mass is 32.2. The molecule has 3 N–H and O–H groups in total. The van der Waals surface area contributed by atoms with Crippen molar-refractivity contribution in [2.45, 2.75) is 25.7 Å². The predicted octanol–water partition coefficient (Wildman–Crippen LogP) is 3.30. The Balaban J connectivity index is 2.02. The van der Waals surface area contributed by atoms with E-state index in [0.29, 0.717) is 11.6 Å². The Morgan fingerprint density at radius 1 is 1.28 bits per heavy atom. The lowest BCUT2D eigenvalue weighted by atomic mass is 9.98. The molecule has 0 saturated heterocycles. The number of aromatic nitrogens is 2. The first-order valence-electron chi connectivity index (χ1n) is 10.8. The molecule has 2 aromatic rings. The Morgan fingerprint density at radius 3 is 2.61 bits per heavy atom. The number of methoxy groups -OCH3 is 1. The van der Waals surface area contributed by atoms with Crippen LogP contribution in [0.25, 0.3) is 11.1 Å². The molecule has 2 aromatic heterocycles. The monoisotopic (exact) mass is 514 g/mol. The third-order valence-electron chi connectivity index (χ3n) is 5.03. The quantitative estimate of drug-likeness (QED) is 0.343. The van der Waals surface area contributed by atoms with Crippen molar-refractivity contribution < 1.29 is 23.1 Å². The number of hydrogen-bond acceptors (Lipinski definition) is 7. The second-order valence-corrected chi connectivity index (χ2v) is 9.06. The highest BCUT2D eigenvalue weighted by Gasteiger charge is 2.22. The number of nitrogens with zero attached hydrogens (tertiary/aromatic N) is 4. The summed E-state index contributed by atoms with van der Waals surface area (Å²) in [4.78, 5) is 38.4. The van der Waals surface area contributed by atoms with Gasteiger partial charge in [0.25, 0.3) is 12.3 Å². The summed E-state index contributed by atoms with van der Waals surface area (Å²) in [5, 5.41) is 7.63. The minimum absolute atomic E-state index is 0.0516. The molecule has 0 unspecified atom stereocenters. The summed E-state index contributed by atoms with van der Waals surface area (Å²) in [5.41, 5.74) is 5.90. The number of likely N-dealkylation sites (N-methyl/N-ethyl adjacent to an activating group) is 1. The van der Waals surface area contributed by atoms with Crippen molar-refractivity contribution in [2.24, 2.45) is 16.6 Å². The van der Waals surface area contributed by atoms with Crippen LogP contribution in [-0.4, -0.2) is 58.1 Å². The normalized spacial score (nSPS) is 13.1. The van der Waals surface area contributed by atoms with Gasteiger partial charge in [0, 0.05) is 37.3 Å². The van der Waals surface area contributed by atoms with E-state index in [-0.39, 0.29) is 45.0 Å². The second kappa shape index (κ2) is 11.7. The molecule has 0 aromatic carbocycles. The van der Waals surface area contributed by atoms with Crippen molar-refractivity contribution in [1.82, 2.24) is 14.9 Å². The molecule has 1 aliphatic rings. The second-order valence-electron chi connectivity index (χ2n) is 8.03. The van der Waals surface area contributed by atoms with E-state index < -0.39 is 18.0 Å². The topological polar surface area (TPSA) is 135 Å².